The molecule has 0 saturated carbocycles. The van der Waals surface area contributed by atoms with Gasteiger partial charge in [-0.05, 0) is 47.5 Å². The summed E-state index contributed by atoms with van der Waals surface area (Å²) in [6.07, 6.45) is 1.50. The van der Waals surface area contributed by atoms with Crippen molar-refractivity contribution in [3.8, 4) is 0 Å². The first-order valence-corrected chi connectivity index (χ1v) is 8.72. The molecule has 2 aliphatic rings. The van der Waals surface area contributed by atoms with E-state index in [4.69, 9.17) is 4.74 Å². The molecule has 0 aromatic heterocycles. The first-order chi connectivity index (χ1) is 11.1. The van der Waals surface area contributed by atoms with Crippen molar-refractivity contribution in [1.29, 1.82) is 0 Å². The Kier molecular flexibility index (Phi) is 5.73. The van der Waals surface area contributed by atoms with E-state index in [-0.39, 0.29) is 13.1 Å². The third-order valence-corrected chi connectivity index (χ3v) is 4.17. The van der Waals surface area contributed by atoms with Crippen LogP contribution < -0.4 is 5.43 Å². The lowest BCUT2D eigenvalue weighted by Crippen LogP contribution is -2.66. The van der Waals surface area contributed by atoms with Gasteiger partial charge in [0.1, 0.15) is 5.60 Å². The Bertz CT molecular complexity index is 471. The van der Waals surface area contributed by atoms with Crippen LogP contribution in [0, 0.1) is 0 Å². The van der Waals surface area contributed by atoms with Crippen LogP contribution in [0.4, 0.5) is 9.18 Å². The summed E-state index contributed by atoms with van der Waals surface area (Å²) in [4.78, 5) is 15.5. The van der Waals surface area contributed by atoms with Gasteiger partial charge in [0.15, 0.2) is 5.67 Å². The molecule has 0 bridgehead atoms. The van der Waals surface area contributed by atoms with Gasteiger partial charge in [-0.15, -0.1) is 0 Å². The van der Waals surface area contributed by atoms with Gasteiger partial charge in [-0.25, -0.2) is 9.18 Å². The van der Waals surface area contributed by atoms with E-state index in [1.807, 2.05) is 34.6 Å². The predicted molar refractivity (Wildman–Crippen MR) is 93.0 cm³/mol. The molecule has 0 aliphatic carbocycles. The highest BCUT2D eigenvalue weighted by Crippen LogP contribution is 2.29. The number of hydrogen-bond donors (Lipinski definition) is 1. The number of hydrazone groups is 1. The number of halogens is 1. The highest BCUT2D eigenvalue weighted by molar-refractivity contribution is 5.78. The third kappa shape index (κ3) is 5.61. The number of amides is 1. The Labute approximate surface area is 144 Å². The van der Waals surface area contributed by atoms with Crippen LogP contribution in [0.1, 0.15) is 47.5 Å². The summed E-state index contributed by atoms with van der Waals surface area (Å²) in [5, 5.41) is 4.25. The Balaban J connectivity index is 1.70. The van der Waals surface area contributed by atoms with E-state index in [0.29, 0.717) is 12.6 Å². The standard InChI is InChI=1S/C17H31FN4O2/c1-13(2)19-20-14-6-8-21(9-7-14)10-17(18)11-22(12-17)15(23)24-16(3,4)5/h14,20H,6-12H2,1-5H3. The number of hydrogen-bond acceptors (Lipinski definition) is 5. The first kappa shape index (κ1) is 19.0. The van der Waals surface area contributed by atoms with Crippen molar-refractivity contribution in [3.05, 3.63) is 0 Å². The third-order valence-electron chi connectivity index (χ3n) is 4.17. The van der Waals surface area contributed by atoms with Crippen LogP contribution in [-0.2, 0) is 4.74 Å². The maximum Gasteiger partial charge on any atom is 0.410 e. The molecule has 0 aromatic rings. The SMILES string of the molecule is CC(C)=NNC1CCN(CC2(F)CN(C(=O)OC(C)(C)C)C2)CC1. The van der Waals surface area contributed by atoms with Crippen LogP contribution in [0.2, 0.25) is 0 Å². The molecule has 2 aliphatic heterocycles. The molecule has 2 fully saturated rings. The summed E-state index contributed by atoms with van der Waals surface area (Å²) in [6.45, 7) is 11.7. The Morgan fingerprint density at radius 3 is 2.38 bits per heavy atom. The normalized spacial score (nSPS) is 21.8. The molecule has 1 N–H and O–H groups in total. The number of likely N-dealkylation sites (tertiary alicyclic amines) is 2. The average Bonchev–Trinajstić information content (AvgIpc) is 2.42. The van der Waals surface area contributed by atoms with Gasteiger partial charge < -0.3 is 15.1 Å². The molecular formula is C17H31FN4O2. The van der Waals surface area contributed by atoms with Crippen LogP contribution >= 0.6 is 0 Å². The largest absolute Gasteiger partial charge is 0.444 e. The van der Waals surface area contributed by atoms with Crippen molar-refractivity contribution >= 4 is 11.8 Å². The van der Waals surface area contributed by atoms with Gasteiger partial charge in [0.05, 0.1) is 13.1 Å². The highest BCUT2D eigenvalue weighted by atomic mass is 19.1. The van der Waals surface area contributed by atoms with Gasteiger partial charge >= 0.3 is 6.09 Å². The molecule has 0 spiro atoms. The van der Waals surface area contributed by atoms with Crippen molar-refractivity contribution in [2.45, 2.75) is 64.8 Å². The lowest BCUT2D eigenvalue weighted by Gasteiger charge is -2.47. The number of alkyl halides is 1. The zero-order valence-corrected chi connectivity index (χ0v) is 15.6. The molecule has 138 valence electrons. The molecule has 7 heteroatoms. The monoisotopic (exact) mass is 342 g/mol. The molecule has 1 amide bonds. The summed E-state index contributed by atoms with van der Waals surface area (Å²) < 4.78 is 20.0. The van der Waals surface area contributed by atoms with Crippen LogP contribution in [0.5, 0.6) is 0 Å². The van der Waals surface area contributed by atoms with Crippen molar-refractivity contribution in [3.63, 3.8) is 0 Å². The summed E-state index contributed by atoms with van der Waals surface area (Å²) in [6, 6.07) is 0.367. The van der Waals surface area contributed by atoms with Crippen LogP contribution in [0.25, 0.3) is 0 Å². The predicted octanol–water partition coefficient (Wildman–Crippen LogP) is 2.40. The van der Waals surface area contributed by atoms with Crippen molar-refractivity contribution in [2.75, 3.05) is 32.7 Å². The fourth-order valence-electron chi connectivity index (χ4n) is 3.03. The second kappa shape index (κ2) is 7.25. The van der Waals surface area contributed by atoms with E-state index in [1.54, 1.807) is 0 Å². The van der Waals surface area contributed by atoms with Gasteiger partial charge in [0, 0.05) is 31.4 Å². The lowest BCUT2D eigenvalue weighted by atomic mass is 9.94. The van der Waals surface area contributed by atoms with Gasteiger partial charge in [0.2, 0.25) is 0 Å². The Hall–Kier alpha value is -1.37. The number of rotatable bonds is 4. The number of carbonyl (C=O) groups is 1. The molecule has 2 saturated heterocycles. The minimum atomic E-state index is -1.31. The molecule has 2 rings (SSSR count). The van der Waals surface area contributed by atoms with Crippen molar-refractivity contribution in [2.24, 2.45) is 5.10 Å². The Morgan fingerprint density at radius 2 is 1.88 bits per heavy atom. The zero-order valence-electron chi connectivity index (χ0n) is 15.6. The molecule has 0 atom stereocenters. The van der Waals surface area contributed by atoms with Gasteiger partial charge in [-0.3, -0.25) is 4.90 Å². The summed E-state index contributed by atoms with van der Waals surface area (Å²) in [5.74, 6) is 0. The van der Waals surface area contributed by atoms with Gasteiger partial charge in [-0.2, -0.15) is 5.10 Å². The van der Waals surface area contributed by atoms with E-state index in [9.17, 15) is 9.18 Å². The number of carbonyl (C=O) groups excluding carboxylic acids is 1. The number of ether oxygens (including phenoxy) is 1. The zero-order chi connectivity index (χ0) is 18.0. The smallest absolute Gasteiger partial charge is 0.410 e. The summed E-state index contributed by atoms with van der Waals surface area (Å²) in [5.41, 5.74) is 2.33. The molecule has 0 radical (unpaired) electrons. The van der Waals surface area contributed by atoms with Crippen LogP contribution in [0.3, 0.4) is 0 Å². The molecule has 0 aromatic carbocycles. The van der Waals surface area contributed by atoms with E-state index in [2.05, 4.69) is 15.4 Å². The number of nitrogens with zero attached hydrogens (tertiary/aromatic N) is 3. The molecule has 0 unspecified atom stereocenters. The lowest BCUT2D eigenvalue weighted by molar-refractivity contribution is -0.0663. The quantitative estimate of drug-likeness (QED) is 0.630. The average molecular weight is 342 g/mol. The van der Waals surface area contributed by atoms with Gasteiger partial charge in [0.25, 0.3) is 0 Å². The second-order valence-electron chi connectivity index (χ2n) is 8.23. The molecule has 24 heavy (non-hydrogen) atoms. The summed E-state index contributed by atoms with van der Waals surface area (Å²) >= 11 is 0. The van der Waals surface area contributed by atoms with E-state index in [1.165, 1.54) is 4.90 Å². The van der Waals surface area contributed by atoms with Gasteiger partial charge in [-0.1, -0.05) is 0 Å². The fraction of sp³-hybridized carbons (Fsp3) is 0.882. The van der Waals surface area contributed by atoms with E-state index >= 15 is 0 Å². The number of piperidine rings is 1. The molecular weight excluding hydrogens is 311 g/mol. The fourth-order valence-corrected chi connectivity index (χ4v) is 3.03. The molecule has 2 heterocycles. The van der Waals surface area contributed by atoms with Crippen LogP contribution in [0.15, 0.2) is 5.10 Å². The van der Waals surface area contributed by atoms with E-state index in [0.717, 1.165) is 31.6 Å². The van der Waals surface area contributed by atoms with Crippen molar-refractivity contribution in [1.82, 2.24) is 15.2 Å². The van der Waals surface area contributed by atoms with Crippen LogP contribution in [-0.4, -0.2) is 71.6 Å². The molecule has 6 nitrogen and oxygen atoms in total. The minimum absolute atomic E-state index is 0.124. The topological polar surface area (TPSA) is 57.2 Å². The van der Waals surface area contributed by atoms with E-state index < -0.39 is 17.4 Å². The highest BCUT2D eigenvalue weighted by Gasteiger charge is 2.48. The van der Waals surface area contributed by atoms with Crippen molar-refractivity contribution < 1.29 is 13.9 Å². The maximum atomic E-state index is 14.8. The first-order valence-electron chi connectivity index (χ1n) is 8.72. The number of nitrogens with one attached hydrogen (secondary N) is 1. The Morgan fingerprint density at radius 1 is 1.29 bits per heavy atom. The minimum Gasteiger partial charge on any atom is -0.444 e. The maximum absolute atomic E-state index is 14.8. The second-order valence-corrected chi connectivity index (χ2v) is 8.23. The summed E-state index contributed by atoms with van der Waals surface area (Å²) in [7, 11) is 0.